The van der Waals surface area contributed by atoms with Gasteiger partial charge in [-0.05, 0) is 75.9 Å². The fourth-order valence-corrected chi connectivity index (χ4v) is 6.40. The lowest BCUT2D eigenvalue weighted by Crippen LogP contribution is -2.01. The van der Waals surface area contributed by atoms with E-state index in [1.165, 1.54) is 43.0 Å². The van der Waals surface area contributed by atoms with Crippen molar-refractivity contribution in [3.8, 4) is 16.9 Å². The Kier molecular flexibility index (Phi) is 8.50. The summed E-state index contributed by atoms with van der Waals surface area (Å²) in [5.74, 6) is 1.67. The van der Waals surface area contributed by atoms with Crippen molar-refractivity contribution in [3.63, 3.8) is 0 Å². The summed E-state index contributed by atoms with van der Waals surface area (Å²) in [7, 11) is 0. The van der Waals surface area contributed by atoms with Crippen molar-refractivity contribution in [1.82, 2.24) is 0 Å². The van der Waals surface area contributed by atoms with Crippen LogP contribution in [-0.4, -0.2) is 12.5 Å². The first-order valence-electron chi connectivity index (χ1n) is 12.3. The molecule has 0 amide bonds. The number of thiol groups is 1. The second kappa shape index (κ2) is 12.2. The van der Waals surface area contributed by atoms with Crippen molar-refractivity contribution in [2.24, 2.45) is 0 Å². The number of ether oxygens (including phenoxy) is 1. The van der Waals surface area contributed by atoms with E-state index >= 15 is 0 Å². The Morgan fingerprint density at radius 1 is 0.649 bits per heavy atom. The summed E-state index contributed by atoms with van der Waals surface area (Å²) in [4.78, 5) is 2.57. The van der Waals surface area contributed by atoms with Crippen LogP contribution in [0.2, 0.25) is 0 Å². The highest BCUT2D eigenvalue weighted by atomic mass is 32.2. The van der Waals surface area contributed by atoms with E-state index < -0.39 is 0 Å². The molecule has 0 aliphatic carbocycles. The van der Waals surface area contributed by atoms with Gasteiger partial charge in [0.05, 0.1) is 0 Å². The van der Waals surface area contributed by atoms with Crippen molar-refractivity contribution in [3.05, 3.63) is 125 Å². The number of fused-ring (bicyclic) bond motifs is 1. The first kappa shape index (κ1) is 25.8. The highest BCUT2D eigenvalue weighted by Gasteiger charge is 2.18. The third-order valence-corrected chi connectivity index (χ3v) is 8.63. The van der Waals surface area contributed by atoms with E-state index in [0.717, 1.165) is 28.9 Å². The highest BCUT2D eigenvalue weighted by Crippen LogP contribution is 2.43. The summed E-state index contributed by atoms with van der Waals surface area (Å²) in [6, 6.07) is 36.9. The van der Waals surface area contributed by atoms with Gasteiger partial charge in [0.25, 0.3) is 0 Å². The van der Waals surface area contributed by atoms with Crippen LogP contribution in [0.25, 0.3) is 21.9 Å². The maximum atomic E-state index is 6.56. The molecule has 0 aliphatic heterocycles. The molecule has 0 unspecified atom stereocenters. The maximum Gasteiger partial charge on any atom is 0.128 e. The number of benzene rings is 5. The second-order valence-electron chi connectivity index (χ2n) is 8.95. The molecule has 4 heteroatoms. The molecule has 0 radical (unpaired) electrons. The van der Waals surface area contributed by atoms with Crippen LogP contribution < -0.4 is 4.74 Å². The molecule has 5 rings (SSSR count). The molecule has 0 N–H and O–H groups in total. The van der Waals surface area contributed by atoms with Crippen LogP contribution in [0.4, 0.5) is 0 Å². The lowest BCUT2D eigenvalue weighted by atomic mass is 9.89. The molecule has 0 spiro atoms. The average molecular weight is 539 g/mol. The minimum atomic E-state index is 0.537. The molecule has 0 bridgehead atoms. The van der Waals surface area contributed by atoms with Gasteiger partial charge in [0.1, 0.15) is 12.4 Å². The van der Waals surface area contributed by atoms with Crippen molar-refractivity contribution in [2.75, 3.05) is 12.5 Å². The highest BCUT2D eigenvalue weighted by molar-refractivity contribution is 8.01. The largest absolute Gasteiger partial charge is 0.488 e. The van der Waals surface area contributed by atoms with Crippen LogP contribution in [0.5, 0.6) is 5.75 Å². The van der Waals surface area contributed by atoms with E-state index in [1.54, 1.807) is 23.5 Å². The molecule has 1 nitrogen and oxygen atoms in total. The van der Waals surface area contributed by atoms with E-state index in [-0.39, 0.29) is 0 Å². The summed E-state index contributed by atoms with van der Waals surface area (Å²) in [6.45, 7) is 0.537. The Balaban J connectivity index is 1.74. The lowest BCUT2D eigenvalue weighted by Gasteiger charge is -2.20. The van der Waals surface area contributed by atoms with E-state index in [2.05, 4.69) is 122 Å². The molecule has 37 heavy (non-hydrogen) atoms. The zero-order chi connectivity index (χ0) is 25.6. The molecule has 0 fully saturated rings. The molecule has 5 aromatic rings. The first-order chi connectivity index (χ1) is 18.2. The van der Waals surface area contributed by atoms with Gasteiger partial charge < -0.3 is 4.74 Å². The summed E-state index contributed by atoms with van der Waals surface area (Å²) >= 11 is 8.06. The smallest absolute Gasteiger partial charge is 0.128 e. The predicted octanol–water partition coefficient (Wildman–Crippen LogP) is 9.55. The summed E-state index contributed by atoms with van der Waals surface area (Å²) in [5, 5.41) is 2.39. The molecule has 186 valence electrons. The molecule has 0 aliphatic rings. The lowest BCUT2D eigenvalue weighted by molar-refractivity contribution is 0.310. The van der Waals surface area contributed by atoms with E-state index in [9.17, 15) is 0 Å². The zero-order valence-electron chi connectivity index (χ0n) is 21.1. The third kappa shape index (κ3) is 5.87. The number of rotatable bonds is 9. The third-order valence-electron chi connectivity index (χ3n) is 6.58. The van der Waals surface area contributed by atoms with Crippen LogP contribution in [0.1, 0.15) is 22.3 Å². The molecular weight excluding hydrogens is 509 g/mol. The molecule has 0 atom stereocenters. The molecule has 0 heterocycles. The van der Waals surface area contributed by atoms with Crippen molar-refractivity contribution < 1.29 is 4.74 Å². The van der Waals surface area contributed by atoms with Gasteiger partial charge in [-0.15, -0.1) is 23.5 Å². The molecule has 0 saturated carbocycles. The van der Waals surface area contributed by atoms with E-state index in [0.29, 0.717) is 6.61 Å². The van der Waals surface area contributed by atoms with Gasteiger partial charge in [-0.25, -0.2) is 0 Å². The van der Waals surface area contributed by atoms with Gasteiger partial charge in [0.2, 0.25) is 0 Å². The van der Waals surface area contributed by atoms with Gasteiger partial charge in [0, 0.05) is 20.9 Å². The Labute approximate surface area is 234 Å². The van der Waals surface area contributed by atoms with Crippen LogP contribution in [0.15, 0.2) is 113 Å². The topological polar surface area (TPSA) is 9.23 Å². The van der Waals surface area contributed by atoms with E-state index in [4.69, 9.17) is 4.74 Å². The fourth-order valence-electron chi connectivity index (χ4n) is 4.70. The first-order valence-corrected chi connectivity index (χ1v) is 15.4. The van der Waals surface area contributed by atoms with Crippen LogP contribution in [0, 0.1) is 0 Å². The van der Waals surface area contributed by atoms with E-state index in [1.807, 2.05) is 6.07 Å². The van der Waals surface area contributed by atoms with Crippen LogP contribution in [0.3, 0.4) is 0 Å². The molecule has 0 saturated heterocycles. The number of hydrogen-bond donors (Lipinski definition) is 1. The summed E-state index contributed by atoms with van der Waals surface area (Å²) < 4.78 is 6.56. The molecule has 5 aromatic carbocycles. The fraction of sp³-hybridized carbons (Fsp3) is 0.152. The number of hydrogen-bond acceptors (Lipinski definition) is 4. The predicted molar refractivity (Wildman–Crippen MR) is 166 cm³/mol. The zero-order valence-corrected chi connectivity index (χ0v) is 23.6. The molecule has 0 aromatic heterocycles. The summed E-state index contributed by atoms with van der Waals surface area (Å²) in [5.41, 5.74) is 7.44. The Bertz CT molecular complexity index is 1480. The Morgan fingerprint density at radius 2 is 1.24 bits per heavy atom. The molecular formula is C33H30OS3. The average Bonchev–Trinajstić information content (AvgIpc) is 2.96. The van der Waals surface area contributed by atoms with Gasteiger partial charge in [0.15, 0.2) is 0 Å². The van der Waals surface area contributed by atoms with Crippen LogP contribution in [-0.2, 0) is 18.8 Å². The maximum absolute atomic E-state index is 6.56. The van der Waals surface area contributed by atoms with Gasteiger partial charge in [-0.2, -0.15) is 12.6 Å². The summed E-state index contributed by atoms with van der Waals surface area (Å²) in [6.07, 6.45) is 5.13. The van der Waals surface area contributed by atoms with Crippen molar-refractivity contribution in [1.29, 1.82) is 0 Å². The SMILES string of the molecule is CSc1cc2c(OCc3ccccc3)cc(Cc3ccccc3)c(-c3ccc(CS)cc3)c2cc1SC. The quantitative estimate of drug-likeness (QED) is 0.148. The van der Waals surface area contributed by atoms with Gasteiger partial charge in [-0.3, -0.25) is 0 Å². The monoisotopic (exact) mass is 538 g/mol. The standard InChI is InChI=1S/C33H30OS3/c1-36-31-19-28-29(20-32(31)37-2)33(26-15-13-25(22-35)14-16-26)27(17-23-9-5-3-6-10-23)18-30(28)34-21-24-11-7-4-8-12-24/h3-16,18-20,35H,17,21-22H2,1-2H3. The number of thioether (sulfide) groups is 2. The Morgan fingerprint density at radius 3 is 1.84 bits per heavy atom. The van der Waals surface area contributed by atoms with Gasteiger partial charge in [-0.1, -0.05) is 84.9 Å². The normalized spacial score (nSPS) is 11.1. The minimum Gasteiger partial charge on any atom is -0.488 e. The Hall–Kier alpha value is -2.79. The second-order valence-corrected chi connectivity index (χ2v) is 11.0. The van der Waals surface area contributed by atoms with Crippen molar-refractivity contribution in [2.45, 2.75) is 28.6 Å². The van der Waals surface area contributed by atoms with Gasteiger partial charge >= 0.3 is 0 Å². The van der Waals surface area contributed by atoms with Crippen molar-refractivity contribution >= 4 is 46.9 Å². The minimum absolute atomic E-state index is 0.537. The van der Waals surface area contributed by atoms with Crippen LogP contribution >= 0.6 is 36.2 Å².